The molecule has 0 radical (unpaired) electrons. The van der Waals surface area contributed by atoms with Crippen molar-refractivity contribution in [1.29, 1.82) is 0 Å². The van der Waals surface area contributed by atoms with Crippen LogP contribution in [0.2, 0.25) is 0 Å². The van der Waals surface area contributed by atoms with Crippen molar-refractivity contribution in [3.8, 4) is 11.1 Å². The highest BCUT2D eigenvalue weighted by molar-refractivity contribution is 5.99. The lowest BCUT2D eigenvalue weighted by Gasteiger charge is -2.37. The maximum absolute atomic E-state index is 13.6. The van der Waals surface area contributed by atoms with E-state index in [4.69, 9.17) is 4.74 Å². The smallest absolute Gasteiger partial charge is 0.251 e. The van der Waals surface area contributed by atoms with Crippen molar-refractivity contribution >= 4 is 17.5 Å². The van der Waals surface area contributed by atoms with E-state index in [1.54, 1.807) is 0 Å². The van der Waals surface area contributed by atoms with Gasteiger partial charge in [0.2, 0.25) is 5.91 Å². The zero-order chi connectivity index (χ0) is 26.5. The van der Waals surface area contributed by atoms with Crippen LogP contribution < -0.4 is 15.5 Å². The van der Waals surface area contributed by atoms with Crippen LogP contribution in [0.1, 0.15) is 61.5 Å². The molecule has 0 aromatic heterocycles. The molecule has 2 aliphatic heterocycles. The molecule has 0 bridgehead atoms. The van der Waals surface area contributed by atoms with Crippen LogP contribution in [0.4, 0.5) is 5.69 Å². The molecule has 2 aliphatic rings. The first-order chi connectivity index (χ1) is 17.8. The van der Waals surface area contributed by atoms with Crippen molar-refractivity contribution in [3.63, 3.8) is 0 Å². The van der Waals surface area contributed by atoms with Crippen LogP contribution in [0.3, 0.4) is 0 Å². The summed E-state index contributed by atoms with van der Waals surface area (Å²) in [4.78, 5) is 28.6. The minimum Gasteiger partial charge on any atom is -0.392 e. The van der Waals surface area contributed by atoms with E-state index in [0.29, 0.717) is 18.2 Å². The van der Waals surface area contributed by atoms with Gasteiger partial charge in [-0.1, -0.05) is 31.2 Å². The van der Waals surface area contributed by atoms with Gasteiger partial charge in [0.15, 0.2) is 0 Å². The van der Waals surface area contributed by atoms with Gasteiger partial charge >= 0.3 is 0 Å². The summed E-state index contributed by atoms with van der Waals surface area (Å²) in [5.74, 6) is -0.169. The Hall–Kier alpha value is -2.90. The fourth-order valence-electron chi connectivity index (χ4n) is 5.81. The first kappa shape index (κ1) is 27.1. The van der Waals surface area contributed by atoms with Crippen LogP contribution in [0.25, 0.3) is 11.1 Å². The van der Waals surface area contributed by atoms with Crippen molar-refractivity contribution in [3.05, 3.63) is 53.1 Å². The minimum absolute atomic E-state index is 0.00755. The Kier molecular flexibility index (Phi) is 8.87. The molecule has 7 nitrogen and oxygen atoms in total. The number of nitrogens with one attached hydrogen (secondary N) is 2. The molecule has 2 saturated heterocycles. The van der Waals surface area contributed by atoms with Crippen LogP contribution in [-0.2, 0) is 16.1 Å². The lowest BCUT2D eigenvalue weighted by molar-refractivity contribution is -0.129. The zero-order valence-electron chi connectivity index (χ0n) is 22.5. The van der Waals surface area contributed by atoms with Gasteiger partial charge in [0.05, 0.1) is 12.5 Å². The van der Waals surface area contributed by atoms with Crippen molar-refractivity contribution in [2.24, 2.45) is 11.8 Å². The van der Waals surface area contributed by atoms with Crippen molar-refractivity contribution in [2.75, 3.05) is 31.2 Å². The third-order valence-corrected chi connectivity index (χ3v) is 8.00. The molecule has 2 fully saturated rings. The third kappa shape index (κ3) is 6.16. The number of benzene rings is 2. The second-order valence-corrected chi connectivity index (χ2v) is 10.6. The van der Waals surface area contributed by atoms with Gasteiger partial charge in [-0.05, 0) is 80.3 Å². The largest absolute Gasteiger partial charge is 0.392 e. The Labute approximate surface area is 220 Å². The Balaban J connectivity index is 1.67. The van der Waals surface area contributed by atoms with E-state index in [1.165, 1.54) is 0 Å². The van der Waals surface area contributed by atoms with E-state index in [9.17, 15) is 14.7 Å². The van der Waals surface area contributed by atoms with E-state index in [1.807, 2.05) is 44.2 Å². The van der Waals surface area contributed by atoms with Gasteiger partial charge in [0.25, 0.3) is 5.91 Å². The van der Waals surface area contributed by atoms with Gasteiger partial charge in [-0.15, -0.1) is 0 Å². The highest BCUT2D eigenvalue weighted by Gasteiger charge is 2.32. The molecular weight excluding hydrogens is 466 g/mol. The average Bonchev–Trinajstić information content (AvgIpc) is 2.90. The quantitative estimate of drug-likeness (QED) is 0.502. The molecule has 3 atom stereocenters. The van der Waals surface area contributed by atoms with E-state index < -0.39 is 0 Å². The highest BCUT2D eigenvalue weighted by atomic mass is 16.5. The monoisotopic (exact) mass is 507 g/mol. The molecule has 3 N–H and O–H groups in total. The van der Waals surface area contributed by atoms with Gasteiger partial charge in [-0.2, -0.15) is 0 Å². The van der Waals surface area contributed by atoms with E-state index in [-0.39, 0.29) is 36.3 Å². The van der Waals surface area contributed by atoms with Crippen molar-refractivity contribution < 1.29 is 19.4 Å². The molecule has 2 heterocycles. The van der Waals surface area contributed by atoms with Gasteiger partial charge in [0.1, 0.15) is 0 Å². The molecule has 0 spiro atoms. The van der Waals surface area contributed by atoms with Crippen LogP contribution in [-0.4, -0.2) is 55.3 Å². The van der Waals surface area contributed by atoms with Crippen molar-refractivity contribution in [1.82, 2.24) is 10.6 Å². The first-order valence-electron chi connectivity index (χ1n) is 13.6. The van der Waals surface area contributed by atoms with E-state index in [2.05, 4.69) is 35.4 Å². The Bertz CT molecular complexity index is 1090. The van der Waals surface area contributed by atoms with Crippen LogP contribution in [0, 0.1) is 18.8 Å². The minimum atomic E-state index is -0.233. The molecular formula is C30H41N3O4. The van der Waals surface area contributed by atoms with Crippen molar-refractivity contribution in [2.45, 2.75) is 65.6 Å². The van der Waals surface area contributed by atoms with E-state index >= 15 is 0 Å². The van der Waals surface area contributed by atoms with Gasteiger partial charge in [-0.25, -0.2) is 0 Å². The SMILES string of the molecule is CCN(c1cc(-c2ccc(CO)cc2)cc(C(=O)NCC2C(=O)NC(C)CC2C)c1C)C1CCOCC1. The number of piperidine rings is 1. The average molecular weight is 508 g/mol. The second-order valence-electron chi connectivity index (χ2n) is 10.6. The summed E-state index contributed by atoms with van der Waals surface area (Å²) < 4.78 is 5.61. The molecule has 0 saturated carbocycles. The molecule has 0 aliphatic carbocycles. The van der Waals surface area contributed by atoms with E-state index in [0.717, 1.165) is 67.0 Å². The molecule has 2 aromatic rings. The standard InChI is InChI=1S/C30H41N3O4/c1-5-33(25-10-12-37-13-11-25)28-16-24(23-8-6-22(18-34)7-9-23)15-26(21(28)4)29(35)31-17-27-19(2)14-20(3)32-30(27)36/h6-9,15-16,19-20,25,27,34H,5,10-14,17-18H2,1-4H3,(H,31,35)(H,32,36). The molecule has 37 heavy (non-hydrogen) atoms. The normalized spacial score (nSPS) is 22.4. The summed E-state index contributed by atoms with van der Waals surface area (Å²) >= 11 is 0. The fourth-order valence-corrected chi connectivity index (χ4v) is 5.81. The Morgan fingerprint density at radius 1 is 1.14 bits per heavy atom. The Morgan fingerprint density at radius 3 is 2.46 bits per heavy atom. The predicted molar refractivity (Wildman–Crippen MR) is 147 cm³/mol. The summed E-state index contributed by atoms with van der Waals surface area (Å²) in [7, 11) is 0. The number of rotatable bonds is 8. The molecule has 2 aromatic carbocycles. The fraction of sp³-hybridized carbons (Fsp3) is 0.533. The maximum Gasteiger partial charge on any atom is 0.251 e. The Morgan fingerprint density at radius 2 is 1.84 bits per heavy atom. The lowest BCUT2D eigenvalue weighted by atomic mass is 9.84. The molecule has 3 unspecified atom stereocenters. The van der Waals surface area contributed by atoms with Gasteiger partial charge < -0.3 is 25.4 Å². The molecule has 200 valence electrons. The number of hydrogen-bond donors (Lipinski definition) is 3. The number of carbonyl (C=O) groups excluding carboxylic acids is 2. The number of aliphatic hydroxyl groups is 1. The zero-order valence-corrected chi connectivity index (χ0v) is 22.5. The number of aliphatic hydroxyl groups excluding tert-OH is 1. The van der Waals surface area contributed by atoms with Gasteiger partial charge in [0, 0.05) is 49.6 Å². The molecule has 7 heteroatoms. The summed E-state index contributed by atoms with van der Waals surface area (Å²) in [6.45, 7) is 10.9. The topological polar surface area (TPSA) is 90.9 Å². The second kappa shape index (κ2) is 12.1. The third-order valence-electron chi connectivity index (χ3n) is 8.00. The van der Waals surface area contributed by atoms with Crippen LogP contribution >= 0.6 is 0 Å². The summed E-state index contributed by atoms with van der Waals surface area (Å²) in [6, 6.07) is 12.4. The summed E-state index contributed by atoms with van der Waals surface area (Å²) in [5.41, 5.74) is 5.42. The summed E-state index contributed by atoms with van der Waals surface area (Å²) in [6.07, 6.45) is 2.82. The number of hydrogen-bond acceptors (Lipinski definition) is 5. The van der Waals surface area contributed by atoms with Crippen LogP contribution in [0.15, 0.2) is 36.4 Å². The molecule has 4 rings (SSSR count). The lowest BCUT2D eigenvalue weighted by Crippen LogP contribution is -2.50. The number of anilines is 1. The number of ether oxygens (including phenoxy) is 1. The number of nitrogens with zero attached hydrogens (tertiary/aromatic N) is 1. The first-order valence-corrected chi connectivity index (χ1v) is 13.6. The predicted octanol–water partition coefficient (Wildman–Crippen LogP) is 4.05. The van der Waals surface area contributed by atoms with Crippen LogP contribution in [0.5, 0.6) is 0 Å². The number of amides is 2. The number of carbonyl (C=O) groups is 2. The molecule has 2 amide bonds. The maximum atomic E-state index is 13.6. The van der Waals surface area contributed by atoms with Gasteiger partial charge in [-0.3, -0.25) is 9.59 Å². The summed E-state index contributed by atoms with van der Waals surface area (Å²) in [5, 5.41) is 15.6. The highest BCUT2D eigenvalue weighted by Crippen LogP contribution is 2.34.